The van der Waals surface area contributed by atoms with Crippen LogP contribution in [-0.2, 0) is 9.59 Å². The first-order chi connectivity index (χ1) is 6.09. The number of aromatic nitrogens is 1. The molecule has 0 aliphatic heterocycles. The largest absolute Gasteiger partial charge is 0.361 e. The Hall–Kier alpha value is -1.43. The van der Waals surface area contributed by atoms with E-state index in [4.69, 9.17) is 5.73 Å². The number of anilines is 1. The smallest absolute Gasteiger partial charge is 0.314 e. The van der Waals surface area contributed by atoms with Crippen molar-refractivity contribution in [2.75, 3.05) is 5.32 Å². The fraction of sp³-hybridized carbons (Fsp3) is 0. The van der Waals surface area contributed by atoms with Crippen molar-refractivity contribution in [3.63, 3.8) is 0 Å². The molecule has 0 bridgehead atoms. The van der Waals surface area contributed by atoms with Crippen LogP contribution >= 0.6 is 15.9 Å². The number of primary amides is 1. The molecule has 0 spiro atoms. The van der Waals surface area contributed by atoms with E-state index in [1.807, 2.05) is 0 Å². The van der Waals surface area contributed by atoms with Crippen LogP contribution in [-0.4, -0.2) is 16.8 Å². The van der Waals surface area contributed by atoms with E-state index in [1.54, 1.807) is 12.1 Å². The molecule has 0 saturated carbocycles. The molecule has 1 heterocycles. The third-order valence-corrected chi connectivity index (χ3v) is 1.66. The number of carbonyl (C=O) groups is 2. The highest BCUT2D eigenvalue weighted by atomic mass is 79.9. The number of amides is 2. The molecule has 0 fully saturated rings. The highest BCUT2D eigenvalue weighted by molar-refractivity contribution is 9.10. The van der Waals surface area contributed by atoms with E-state index in [-0.39, 0.29) is 5.82 Å². The number of rotatable bonds is 1. The Morgan fingerprint density at radius 2 is 2.15 bits per heavy atom. The first-order valence-electron chi connectivity index (χ1n) is 3.32. The normalized spacial score (nSPS) is 9.31. The molecule has 1 rings (SSSR count). The molecule has 0 aliphatic rings. The van der Waals surface area contributed by atoms with E-state index in [0.717, 1.165) is 4.47 Å². The topological polar surface area (TPSA) is 85.1 Å². The summed E-state index contributed by atoms with van der Waals surface area (Å²) >= 11 is 3.17. The zero-order valence-electron chi connectivity index (χ0n) is 6.45. The second-order valence-electron chi connectivity index (χ2n) is 2.18. The van der Waals surface area contributed by atoms with Gasteiger partial charge in [-0.3, -0.25) is 9.59 Å². The molecule has 3 N–H and O–H groups in total. The summed E-state index contributed by atoms with van der Waals surface area (Å²) in [5.74, 6) is -1.63. The molecule has 68 valence electrons. The zero-order chi connectivity index (χ0) is 9.84. The number of pyridine rings is 1. The van der Waals surface area contributed by atoms with Crippen LogP contribution in [0.3, 0.4) is 0 Å². The fourth-order valence-electron chi connectivity index (χ4n) is 0.628. The minimum atomic E-state index is -1.04. The number of hydrogen-bond donors (Lipinski definition) is 2. The number of halogens is 1. The molecule has 0 aromatic carbocycles. The summed E-state index contributed by atoms with van der Waals surface area (Å²) in [4.78, 5) is 24.9. The van der Waals surface area contributed by atoms with E-state index in [1.165, 1.54) is 6.20 Å². The highest BCUT2D eigenvalue weighted by Gasteiger charge is 2.08. The van der Waals surface area contributed by atoms with Crippen molar-refractivity contribution in [3.8, 4) is 0 Å². The minimum absolute atomic E-state index is 0.284. The summed E-state index contributed by atoms with van der Waals surface area (Å²) in [5, 5.41) is 2.22. The SMILES string of the molecule is NC(=O)C(=O)Nc1ccc(Br)cn1. The molecule has 1 aromatic rings. The van der Waals surface area contributed by atoms with Gasteiger partial charge in [0, 0.05) is 10.7 Å². The van der Waals surface area contributed by atoms with Gasteiger partial charge in [0.25, 0.3) is 0 Å². The second-order valence-corrected chi connectivity index (χ2v) is 3.10. The van der Waals surface area contributed by atoms with Gasteiger partial charge in [-0.25, -0.2) is 4.98 Å². The van der Waals surface area contributed by atoms with Crippen LogP contribution in [0.5, 0.6) is 0 Å². The lowest BCUT2D eigenvalue weighted by Crippen LogP contribution is -2.29. The van der Waals surface area contributed by atoms with Crippen molar-refractivity contribution >= 4 is 33.6 Å². The van der Waals surface area contributed by atoms with Crippen LogP contribution in [0.25, 0.3) is 0 Å². The number of nitrogens with zero attached hydrogens (tertiary/aromatic N) is 1. The summed E-state index contributed by atoms with van der Waals surface area (Å²) in [7, 11) is 0. The molecule has 0 saturated heterocycles. The quantitative estimate of drug-likeness (QED) is 0.695. The van der Waals surface area contributed by atoms with Gasteiger partial charge in [0.15, 0.2) is 0 Å². The van der Waals surface area contributed by atoms with Crippen molar-refractivity contribution in [2.24, 2.45) is 5.73 Å². The maximum absolute atomic E-state index is 10.8. The number of carbonyl (C=O) groups excluding carboxylic acids is 2. The average Bonchev–Trinajstić information content (AvgIpc) is 2.08. The molecular formula is C7H6BrN3O2. The second kappa shape index (κ2) is 3.99. The molecule has 5 nitrogen and oxygen atoms in total. The van der Waals surface area contributed by atoms with E-state index in [2.05, 4.69) is 26.2 Å². The van der Waals surface area contributed by atoms with Gasteiger partial charge < -0.3 is 11.1 Å². The third kappa shape index (κ3) is 2.83. The van der Waals surface area contributed by atoms with Crippen LogP contribution in [0.1, 0.15) is 0 Å². The van der Waals surface area contributed by atoms with Crippen molar-refractivity contribution in [1.29, 1.82) is 0 Å². The van der Waals surface area contributed by atoms with Gasteiger partial charge in [-0.05, 0) is 28.1 Å². The molecular weight excluding hydrogens is 238 g/mol. The molecule has 0 radical (unpaired) electrons. The van der Waals surface area contributed by atoms with Gasteiger partial charge >= 0.3 is 11.8 Å². The van der Waals surface area contributed by atoms with Gasteiger partial charge in [-0.15, -0.1) is 0 Å². The Morgan fingerprint density at radius 1 is 1.46 bits per heavy atom. The van der Waals surface area contributed by atoms with Crippen molar-refractivity contribution < 1.29 is 9.59 Å². The Balaban J connectivity index is 2.70. The molecule has 0 unspecified atom stereocenters. The lowest BCUT2D eigenvalue weighted by molar-refractivity contribution is -0.134. The lowest BCUT2D eigenvalue weighted by atomic mass is 10.4. The van der Waals surface area contributed by atoms with E-state index < -0.39 is 11.8 Å². The van der Waals surface area contributed by atoms with Crippen LogP contribution < -0.4 is 11.1 Å². The molecule has 2 amide bonds. The first kappa shape index (κ1) is 9.66. The van der Waals surface area contributed by atoms with Gasteiger partial charge in [-0.1, -0.05) is 0 Å². The van der Waals surface area contributed by atoms with Gasteiger partial charge in [-0.2, -0.15) is 0 Å². The molecule has 1 aromatic heterocycles. The van der Waals surface area contributed by atoms with E-state index in [9.17, 15) is 9.59 Å². The van der Waals surface area contributed by atoms with Crippen LogP contribution in [0, 0.1) is 0 Å². The Bertz CT molecular complexity index is 336. The molecule has 0 aliphatic carbocycles. The summed E-state index contributed by atoms with van der Waals surface area (Å²) < 4.78 is 0.782. The van der Waals surface area contributed by atoms with Gasteiger partial charge in [0.2, 0.25) is 0 Å². The Morgan fingerprint density at radius 3 is 2.62 bits per heavy atom. The monoisotopic (exact) mass is 243 g/mol. The average molecular weight is 244 g/mol. The molecule has 6 heteroatoms. The molecule has 0 atom stereocenters. The van der Waals surface area contributed by atoms with E-state index >= 15 is 0 Å². The summed E-state index contributed by atoms with van der Waals surface area (Å²) in [6.07, 6.45) is 1.50. The Labute approximate surface area is 82.5 Å². The van der Waals surface area contributed by atoms with Crippen molar-refractivity contribution in [2.45, 2.75) is 0 Å². The van der Waals surface area contributed by atoms with Gasteiger partial charge in [0.05, 0.1) is 0 Å². The zero-order valence-corrected chi connectivity index (χ0v) is 8.04. The first-order valence-corrected chi connectivity index (χ1v) is 4.11. The predicted molar refractivity (Wildman–Crippen MR) is 49.8 cm³/mol. The minimum Gasteiger partial charge on any atom is -0.361 e. The maximum atomic E-state index is 10.8. The van der Waals surface area contributed by atoms with Gasteiger partial charge in [0.1, 0.15) is 5.82 Å². The predicted octanol–water partition coefficient (Wildman–Crippen LogP) is 0.268. The standard InChI is InChI=1S/C7H6BrN3O2/c8-4-1-2-5(10-3-4)11-7(13)6(9)12/h1-3H,(H2,9,12)(H,10,11,13). The van der Waals surface area contributed by atoms with Crippen molar-refractivity contribution in [3.05, 3.63) is 22.8 Å². The number of nitrogens with one attached hydrogen (secondary N) is 1. The van der Waals surface area contributed by atoms with E-state index in [0.29, 0.717) is 0 Å². The summed E-state index contributed by atoms with van der Waals surface area (Å²) in [6, 6.07) is 3.23. The highest BCUT2D eigenvalue weighted by Crippen LogP contribution is 2.09. The maximum Gasteiger partial charge on any atom is 0.314 e. The summed E-state index contributed by atoms with van der Waals surface area (Å²) in [5.41, 5.74) is 4.73. The number of hydrogen-bond acceptors (Lipinski definition) is 3. The van der Waals surface area contributed by atoms with Crippen LogP contribution in [0.15, 0.2) is 22.8 Å². The van der Waals surface area contributed by atoms with Crippen LogP contribution in [0.2, 0.25) is 0 Å². The lowest BCUT2D eigenvalue weighted by Gasteiger charge is -2.00. The van der Waals surface area contributed by atoms with Crippen molar-refractivity contribution in [1.82, 2.24) is 4.98 Å². The number of nitrogens with two attached hydrogens (primary N) is 1. The Kier molecular flexibility index (Phi) is 2.97. The summed E-state index contributed by atoms with van der Waals surface area (Å²) in [6.45, 7) is 0. The molecule has 13 heavy (non-hydrogen) atoms. The third-order valence-electron chi connectivity index (χ3n) is 1.19. The van der Waals surface area contributed by atoms with Crippen LogP contribution in [0.4, 0.5) is 5.82 Å². The fourth-order valence-corrected chi connectivity index (χ4v) is 0.862.